The van der Waals surface area contributed by atoms with E-state index in [0.29, 0.717) is 17.4 Å². The highest BCUT2D eigenvalue weighted by molar-refractivity contribution is 7.89. The summed E-state index contributed by atoms with van der Waals surface area (Å²) in [5.41, 5.74) is 2.28. The molecule has 0 saturated carbocycles. The molecule has 2 aliphatic heterocycles. The predicted molar refractivity (Wildman–Crippen MR) is 102 cm³/mol. The van der Waals surface area contributed by atoms with Gasteiger partial charge in [-0.15, -0.1) is 0 Å². The van der Waals surface area contributed by atoms with Gasteiger partial charge < -0.3 is 9.47 Å². The smallest absolute Gasteiger partial charge is 0.242 e. The molecule has 0 spiro atoms. The first-order valence-corrected chi connectivity index (χ1v) is 10.7. The lowest BCUT2D eigenvalue weighted by Crippen LogP contribution is -2.35. The van der Waals surface area contributed by atoms with Crippen LogP contribution in [0, 0.1) is 5.92 Å². The molecule has 1 atom stereocenters. The highest BCUT2D eigenvalue weighted by Gasteiger charge is 2.27. The van der Waals surface area contributed by atoms with Gasteiger partial charge in [-0.05, 0) is 42.9 Å². The fourth-order valence-corrected chi connectivity index (χ4v) is 5.39. The van der Waals surface area contributed by atoms with Crippen molar-refractivity contribution in [2.75, 3.05) is 32.1 Å². The Morgan fingerprint density at radius 2 is 2.15 bits per heavy atom. The van der Waals surface area contributed by atoms with Gasteiger partial charge in [0.15, 0.2) is 0 Å². The van der Waals surface area contributed by atoms with Crippen molar-refractivity contribution in [3.05, 3.63) is 42.0 Å². The minimum atomic E-state index is -3.48. The van der Waals surface area contributed by atoms with E-state index >= 15 is 0 Å². The van der Waals surface area contributed by atoms with Gasteiger partial charge in [-0.1, -0.05) is 6.07 Å². The molecule has 0 N–H and O–H groups in total. The standard InChI is InChI=1S/C19H26N4O2S/c1-21-10-3-4-16-6-7-17(12-18(16)21)26(24,25)22(2)13-15-5-8-19-20-9-11-23(19)14-15/h6-7,9,11-12,15H,3-5,8,10,13-14H2,1-2H3/t15-/m0/s1. The molecule has 0 aliphatic carbocycles. The molecule has 2 aliphatic rings. The Morgan fingerprint density at radius 3 is 3.00 bits per heavy atom. The van der Waals surface area contributed by atoms with Crippen LogP contribution < -0.4 is 4.90 Å². The molecule has 6 nitrogen and oxygen atoms in total. The summed E-state index contributed by atoms with van der Waals surface area (Å²) in [5, 5.41) is 0. The second-order valence-corrected chi connectivity index (χ2v) is 9.55. The molecular formula is C19H26N4O2S. The molecule has 0 amide bonds. The summed E-state index contributed by atoms with van der Waals surface area (Å²) in [6, 6.07) is 5.58. The topological polar surface area (TPSA) is 58.4 Å². The molecule has 0 saturated heterocycles. The van der Waals surface area contributed by atoms with Crippen LogP contribution in [0.3, 0.4) is 0 Å². The molecule has 4 rings (SSSR count). The summed E-state index contributed by atoms with van der Waals surface area (Å²) in [5.74, 6) is 1.42. The quantitative estimate of drug-likeness (QED) is 0.823. The number of imidazole rings is 1. The van der Waals surface area contributed by atoms with Crippen molar-refractivity contribution < 1.29 is 8.42 Å². The Morgan fingerprint density at radius 1 is 1.31 bits per heavy atom. The number of aromatic nitrogens is 2. The van der Waals surface area contributed by atoms with Gasteiger partial charge in [-0.3, -0.25) is 0 Å². The first kappa shape index (κ1) is 17.5. The highest BCUT2D eigenvalue weighted by Crippen LogP contribution is 2.30. The van der Waals surface area contributed by atoms with Gasteiger partial charge in [0.05, 0.1) is 4.90 Å². The second-order valence-electron chi connectivity index (χ2n) is 7.50. The first-order chi connectivity index (χ1) is 12.4. The number of rotatable bonds is 4. The maximum absolute atomic E-state index is 13.1. The summed E-state index contributed by atoms with van der Waals surface area (Å²) in [6.45, 7) is 2.34. The normalized spacial score (nSPS) is 20.1. The number of aryl methyl sites for hydroxylation is 2. The van der Waals surface area contributed by atoms with Crippen molar-refractivity contribution >= 4 is 15.7 Å². The van der Waals surface area contributed by atoms with Crippen molar-refractivity contribution in [3.63, 3.8) is 0 Å². The van der Waals surface area contributed by atoms with Crippen LogP contribution in [-0.2, 0) is 29.4 Å². The van der Waals surface area contributed by atoms with Crippen LogP contribution in [0.5, 0.6) is 0 Å². The molecule has 26 heavy (non-hydrogen) atoms. The van der Waals surface area contributed by atoms with E-state index in [-0.39, 0.29) is 0 Å². The molecule has 0 unspecified atom stereocenters. The lowest BCUT2D eigenvalue weighted by Gasteiger charge is -2.30. The van der Waals surface area contributed by atoms with Crippen LogP contribution in [0.15, 0.2) is 35.5 Å². The van der Waals surface area contributed by atoms with E-state index in [9.17, 15) is 8.42 Å². The molecule has 0 radical (unpaired) electrons. The average Bonchev–Trinajstić information content (AvgIpc) is 3.09. The van der Waals surface area contributed by atoms with Gasteiger partial charge in [0.25, 0.3) is 0 Å². The summed E-state index contributed by atoms with van der Waals surface area (Å²) in [4.78, 5) is 6.89. The fraction of sp³-hybridized carbons (Fsp3) is 0.526. The Labute approximate surface area is 155 Å². The Balaban J connectivity index is 1.52. The summed E-state index contributed by atoms with van der Waals surface area (Å²) in [7, 11) is 0.249. The van der Waals surface area contributed by atoms with Gasteiger partial charge in [-0.2, -0.15) is 0 Å². The van der Waals surface area contributed by atoms with Gasteiger partial charge in [-0.25, -0.2) is 17.7 Å². The predicted octanol–water partition coefficient (Wildman–Crippen LogP) is 2.15. The SMILES string of the molecule is CN1CCCc2ccc(S(=O)(=O)N(C)C[C@@H]3CCc4nccn4C3)cc21. The summed E-state index contributed by atoms with van der Waals surface area (Å²) < 4.78 is 29.8. The van der Waals surface area contributed by atoms with Crippen molar-refractivity contribution in [2.24, 2.45) is 5.92 Å². The zero-order chi connectivity index (χ0) is 18.3. The molecular weight excluding hydrogens is 348 g/mol. The van der Waals surface area contributed by atoms with Crippen molar-refractivity contribution in [3.8, 4) is 0 Å². The Bertz CT molecular complexity index is 906. The van der Waals surface area contributed by atoms with Gasteiger partial charge in [0.1, 0.15) is 5.82 Å². The maximum Gasteiger partial charge on any atom is 0.242 e. The zero-order valence-corrected chi connectivity index (χ0v) is 16.2. The summed E-state index contributed by atoms with van der Waals surface area (Å²) >= 11 is 0. The van der Waals surface area contributed by atoms with E-state index in [4.69, 9.17) is 0 Å². The zero-order valence-electron chi connectivity index (χ0n) is 15.4. The molecule has 7 heteroatoms. The number of sulfonamides is 1. The van der Waals surface area contributed by atoms with Crippen LogP contribution in [0.1, 0.15) is 24.2 Å². The van der Waals surface area contributed by atoms with Crippen molar-refractivity contribution in [1.29, 1.82) is 0 Å². The molecule has 3 heterocycles. The van der Waals surface area contributed by atoms with Crippen LogP contribution in [0.2, 0.25) is 0 Å². The largest absolute Gasteiger partial charge is 0.374 e. The minimum Gasteiger partial charge on any atom is -0.374 e. The first-order valence-electron chi connectivity index (χ1n) is 9.25. The van der Waals surface area contributed by atoms with E-state index < -0.39 is 10.0 Å². The Kier molecular flexibility index (Phi) is 4.52. The monoisotopic (exact) mass is 374 g/mol. The van der Waals surface area contributed by atoms with Gasteiger partial charge >= 0.3 is 0 Å². The molecule has 2 aromatic rings. The van der Waals surface area contributed by atoms with E-state index in [1.807, 2.05) is 31.6 Å². The van der Waals surface area contributed by atoms with E-state index in [1.54, 1.807) is 13.1 Å². The third kappa shape index (κ3) is 3.14. The third-order valence-corrected chi connectivity index (χ3v) is 7.48. The van der Waals surface area contributed by atoms with E-state index in [1.165, 1.54) is 9.87 Å². The lowest BCUT2D eigenvalue weighted by atomic mass is 10.00. The maximum atomic E-state index is 13.1. The molecule has 0 fully saturated rings. The van der Waals surface area contributed by atoms with Crippen molar-refractivity contribution in [2.45, 2.75) is 37.1 Å². The van der Waals surface area contributed by atoms with Gasteiger partial charge in [0.2, 0.25) is 10.0 Å². The van der Waals surface area contributed by atoms with Crippen LogP contribution >= 0.6 is 0 Å². The minimum absolute atomic E-state index is 0.316. The number of hydrogen-bond acceptors (Lipinski definition) is 4. The fourth-order valence-electron chi connectivity index (χ4n) is 4.13. The average molecular weight is 375 g/mol. The second kappa shape index (κ2) is 6.70. The summed E-state index contributed by atoms with van der Waals surface area (Å²) in [6.07, 6.45) is 7.83. The van der Waals surface area contributed by atoms with Gasteiger partial charge in [0, 0.05) is 58.2 Å². The number of hydrogen-bond donors (Lipinski definition) is 0. The molecule has 1 aromatic carbocycles. The number of fused-ring (bicyclic) bond motifs is 2. The van der Waals surface area contributed by atoms with E-state index in [2.05, 4.69) is 14.5 Å². The Hall–Kier alpha value is -1.86. The van der Waals surface area contributed by atoms with Crippen molar-refractivity contribution in [1.82, 2.24) is 13.9 Å². The molecule has 0 bridgehead atoms. The molecule has 1 aromatic heterocycles. The third-order valence-electron chi connectivity index (χ3n) is 5.66. The van der Waals surface area contributed by atoms with Crippen LogP contribution in [0.4, 0.5) is 5.69 Å². The van der Waals surface area contributed by atoms with E-state index in [0.717, 1.165) is 50.3 Å². The number of nitrogens with zero attached hydrogens (tertiary/aromatic N) is 4. The van der Waals surface area contributed by atoms with Crippen LogP contribution in [-0.4, -0.2) is 49.5 Å². The molecule has 140 valence electrons. The highest BCUT2D eigenvalue weighted by atomic mass is 32.2. The number of benzene rings is 1. The number of anilines is 1. The van der Waals surface area contributed by atoms with Crippen LogP contribution in [0.25, 0.3) is 0 Å². The lowest BCUT2D eigenvalue weighted by molar-refractivity contribution is 0.303.